The molecule has 0 spiro atoms. The lowest BCUT2D eigenvalue weighted by atomic mass is 9.54. The van der Waals surface area contributed by atoms with Crippen LogP contribution in [0.4, 0.5) is 0 Å². The Balaban J connectivity index is 1.36. The maximum atomic E-state index is 13.6. The van der Waals surface area contributed by atoms with Crippen LogP contribution < -0.4 is 4.74 Å². The number of ether oxygens (including phenoxy) is 2. The van der Waals surface area contributed by atoms with Crippen molar-refractivity contribution < 1.29 is 38.9 Å². The van der Waals surface area contributed by atoms with Crippen molar-refractivity contribution in [3.05, 3.63) is 28.3 Å². The zero-order valence-corrected chi connectivity index (χ0v) is 35.7. The van der Waals surface area contributed by atoms with Crippen LogP contribution in [0.5, 0.6) is 5.75 Å². The topological polar surface area (TPSA) is 127 Å². The van der Waals surface area contributed by atoms with Crippen LogP contribution >= 0.6 is 0 Å². The van der Waals surface area contributed by atoms with Crippen LogP contribution in [0.1, 0.15) is 222 Å². The van der Waals surface area contributed by atoms with Crippen LogP contribution in [0.3, 0.4) is 0 Å². The molecule has 5 atom stereocenters. The van der Waals surface area contributed by atoms with Crippen molar-refractivity contribution in [2.24, 2.45) is 23.2 Å². The van der Waals surface area contributed by atoms with E-state index in [1.165, 1.54) is 47.9 Å². The summed E-state index contributed by atoms with van der Waals surface area (Å²) < 4.78 is 12.7. The molecule has 8 heteroatoms. The fourth-order valence-electron chi connectivity index (χ4n) is 11.6. The average molecular weight is 793 g/mol. The van der Waals surface area contributed by atoms with E-state index in [1.54, 1.807) is 0 Å². The zero-order chi connectivity index (χ0) is 40.6. The lowest BCUT2D eigenvalue weighted by Gasteiger charge is -2.51. The average Bonchev–Trinajstić information content (AvgIpc) is 3.83. The first-order valence-electron chi connectivity index (χ1n) is 23.6. The fourth-order valence-corrected chi connectivity index (χ4v) is 11.6. The Bertz CT molecular complexity index is 1460. The summed E-state index contributed by atoms with van der Waals surface area (Å²) in [6.45, 7) is 4.52. The summed E-state index contributed by atoms with van der Waals surface area (Å²) in [4.78, 5) is 48.5. The molecule has 4 aliphatic rings. The molecule has 0 unspecified atom stereocenters. The third-order valence-corrected chi connectivity index (χ3v) is 14.7. The number of carboxylic acids is 2. The molecule has 57 heavy (non-hydrogen) atoms. The van der Waals surface area contributed by atoms with Crippen molar-refractivity contribution in [2.45, 2.75) is 225 Å². The Hall–Kier alpha value is -2.90. The molecule has 4 aliphatic carbocycles. The first-order valence-corrected chi connectivity index (χ1v) is 23.6. The molecule has 0 aromatic heterocycles. The highest BCUT2D eigenvalue weighted by molar-refractivity contribution is 5.73. The number of benzene rings is 1. The van der Waals surface area contributed by atoms with Crippen molar-refractivity contribution >= 4 is 23.9 Å². The van der Waals surface area contributed by atoms with Crippen LogP contribution in [-0.4, -0.2) is 40.2 Å². The summed E-state index contributed by atoms with van der Waals surface area (Å²) in [5.41, 5.74) is 5.57. The van der Waals surface area contributed by atoms with Gasteiger partial charge in [0.1, 0.15) is 11.9 Å². The molecule has 2 N–H and O–H groups in total. The van der Waals surface area contributed by atoms with Crippen molar-refractivity contribution in [2.75, 3.05) is 0 Å². The van der Waals surface area contributed by atoms with Crippen molar-refractivity contribution in [3.63, 3.8) is 0 Å². The Morgan fingerprint density at radius 2 is 1.30 bits per heavy atom. The third kappa shape index (κ3) is 13.0. The number of carboxylic acid groups (broad SMARTS) is 2. The van der Waals surface area contributed by atoms with Gasteiger partial charge in [0.15, 0.2) is 0 Å². The van der Waals surface area contributed by atoms with Crippen LogP contribution in [0.25, 0.3) is 0 Å². The van der Waals surface area contributed by atoms with E-state index in [0.29, 0.717) is 42.9 Å². The van der Waals surface area contributed by atoms with Gasteiger partial charge in [-0.05, 0) is 142 Å². The van der Waals surface area contributed by atoms with Gasteiger partial charge in [0.05, 0.1) is 0 Å². The molecule has 320 valence electrons. The molecule has 0 amide bonds. The summed E-state index contributed by atoms with van der Waals surface area (Å²) in [6, 6.07) is 2.27. The smallest absolute Gasteiger partial charge is 0.311 e. The minimum Gasteiger partial charge on any atom is -0.481 e. The molecule has 8 nitrogen and oxygen atoms in total. The van der Waals surface area contributed by atoms with Crippen molar-refractivity contribution in [1.29, 1.82) is 0 Å². The number of carbonyl (C=O) groups is 4. The number of hydrogen-bond donors (Lipinski definition) is 2. The second-order valence-electron chi connectivity index (χ2n) is 18.7. The van der Waals surface area contributed by atoms with Gasteiger partial charge in [-0.3, -0.25) is 19.2 Å². The Morgan fingerprint density at radius 3 is 1.93 bits per heavy atom. The highest BCUT2D eigenvalue weighted by Gasteiger charge is 2.56. The predicted octanol–water partition coefficient (Wildman–Crippen LogP) is 12.2. The second-order valence-corrected chi connectivity index (χ2v) is 18.7. The second kappa shape index (κ2) is 23.0. The van der Waals surface area contributed by atoms with E-state index in [0.717, 1.165) is 147 Å². The molecule has 0 saturated heterocycles. The number of aryl methyl sites for hydroxylation is 1. The number of fused-ring (bicyclic) bond motifs is 5. The fraction of sp³-hybridized carbons (Fsp3) is 0.796. The molecular formula is C49H76O8. The van der Waals surface area contributed by atoms with Gasteiger partial charge in [-0.15, -0.1) is 0 Å². The molecule has 0 heterocycles. The largest absolute Gasteiger partial charge is 0.481 e. The lowest BCUT2D eigenvalue weighted by molar-refractivity contribution is -0.157. The van der Waals surface area contributed by atoms with Gasteiger partial charge in [0.25, 0.3) is 0 Å². The molecule has 1 aromatic carbocycles. The van der Waals surface area contributed by atoms with E-state index < -0.39 is 11.9 Å². The Morgan fingerprint density at radius 1 is 0.684 bits per heavy atom. The summed E-state index contributed by atoms with van der Waals surface area (Å²) in [7, 11) is 0. The highest BCUT2D eigenvalue weighted by Crippen LogP contribution is 2.62. The first-order chi connectivity index (χ1) is 27.6. The summed E-state index contributed by atoms with van der Waals surface area (Å²) in [6.07, 6.45) is 29.4. The van der Waals surface area contributed by atoms with Crippen LogP contribution in [0.15, 0.2) is 6.07 Å². The molecule has 0 aliphatic heterocycles. The van der Waals surface area contributed by atoms with Gasteiger partial charge in [-0.2, -0.15) is 0 Å². The van der Waals surface area contributed by atoms with E-state index >= 15 is 0 Å². The Kier molecular flexibility index (Phi) is 18.3. The van der Waals surface area contributed by atoms with Gasteiger partial charge < -0.3 is 19.7 Å². The predicted molar refractivity (Wildman–Crippen MR) is 225 cm³/mol. The minimum atomic E-state index is -0.729. The van der Waals surface area contributed by atoms with Crippen LogP contribution in [-0.2, 0) is 43.2 Å². The van der Waals surface area contributed by atoms with Gasteiger partial charge in [-0.1, -0.05) is 97.3 Å². The Labute approximate surface area is 344 Å². The van der Waals surface area contributed by atoms with Gasteiger partial charge in [0.2, 0.25) is 0 Å². The maximum absolute atomic E-state index is 13.6. The molecule has 3 saturated carbocycles. The summed E-state index contributed by atoms with van der Waals surface area (Å²) in [5.74, 6) is 1.39. The lowest BCUT2D eigenvalue weighted by Crippen LogP contribution is -2.45. The normalized spacial score (nSPS) is 24.1. The number of rotatable bonds is 26. The number of hydrogen-bond acceptors (Lipinski definition) is 6. The van der Waals surface area contributed by atoms with E-state index in [1.807, 2.05) is 0 Å². The monoisotopic (exact) mass is 793 g/mol. The van der Waals surface area contributed by atoms with E-state index in [4.69, 9.17) is 14.6 Å². The van der Waals surface area contributed by atoms with Gasteiger partial charge >= 0.3 is 23.9 Å². The molecule has 0 bridgehead atoms. The summed E-state index contributed by atoms with van der Waals surface area (Å²) in [5, 5.41) is 18.2. The standard InChI is InChI=1S/C49H76O8/c1-3-4-25-46(54)57-43-30-29-41-37-28-27-36-34-42(56-47(55)31-26-35-19-17-18-20-35)38(21-13-9-7-5-6-8-10-15-23-44(50)51)39(22-14-11-12-16-24-45(52)53)48(36)40(37)32-33-49(41,43)2/h34-35,37,40-41,43H,3-33H2,1-2H3,(H,50,51)(H,52,53)/t37-,40+,41+,43+,49+/m1/s1. The van der Waals surface area contributed by atoms with Crippen LogP contribution in [0.2, 0.25) is 0 Å². The van der Waals surface area contributed by atoms with Crippen LogP contribution in [0, 0.1) is 23.2 Å². The minimum absolute atomic E-state index is 0.00537. The van der Waals surface area contributed by atoms with Gasteiger partial charge in [-0.25, -0.2) is 0 Å². The van der Waals surface area contributed by atoms with E-state index in [-0.39, 0.29) is 36.3 Å². The molecule has 3 fully saturated rings. The van der Waals surface area contributed by atoms with E-state index in [2.05, 4.69) is 19.9 Å². The van der Waals surface area contributed by atoms with E-state index in [9.17, 15) is 24.3 Å². The zero-order valence-electron chi connectivity index (χ0n) is 35.7. The quantitative estimate of drug-likeness (QED) is 0.0539. The summed E-state index contributed by atoms with van der Waals surface area (Å²) >= 11 is 0. The van der Waals surface area contributed by atoms with Crippen molar-refractivity contribution in [1.82, 2.24) is 0 Å². The highest BCUT2D eigenvalue weighted by atomic mass is 16.5. The number of unbranched alkanes of at least 4 members (excludes halogenated alkanes) is 11. The molecular weight excluding hydrogens is 717 g/mol. The van der Waals surface area contributed by atoms with Crippen molar-refractivity contribution in [3.8, 4) is 5.75 Å². The number of esters is 2. The molecule has 1 aromatic rings. The number of aliphatic carboxylic acids is 2. The van der Waals surface area contributed by atoms with Gasteiger partial charge in [0, 0.05) is 31.1 Å². The molecule has 0 radical (unpaired) electrons. The first kappa shape index (κ1) is 45.2. The number of carbonyl (C=O) groups excluding carboxylic acids is 2. The maximum Gasteiger partial charge on any atom is 0.311 e. The third-order valence-electron chi connectivity index (χ3n) is 14.7. The molecule has 5 rings (SSSR count). The SMILES string of the molecule is CCCCC(=O)O[C@H]1CC[C@H]2[C@@H]3CCc4cc(OC(=O)CCC5CCCC5)c(CCCCCCCCCCC(=O)O)c(CCCCCCC(=O)O)c4[C@H]3CC[C@]12C.